The van der Waals surface area contributed by atoms with E-state index >= 15 is 0 Å². The third-order valence-electron chi connectivity index (χ3n) is 8.90. The van der Waals surface area contributed by atoms with Gasteiger partial charge in [-0.05, 0) is 59.3 Å². The van der Waals surface area contributed by atoms with Crippen molar-refractivity contribution < 1.29 is 9.30 Å². The van der Waals surface area contributed by atoms with E-state index in [0.29, 0.717) is 0 Å². The van der Waals surface area contributed by atoms with Gasteiger partial charge in [0.2, 0.25) is 5.69 Å². The summed E-state index contributed by atoms with van der Waals surface area (Å²) < 4.78 is 9.08. The highest BCUT2D eigenvalue weighted by molar-refractivity contribution is 6.93. The van der Waals surface area contributed by atoms with Crippen molar-refractivity contribution in [3.05, 3.63) is 125 Å². The monoisotopic (exact) mass is 562 g/mol. The molecule has 1 aliphatic heterocycles. The van der Waals surface area contributed by atoms with Crippen molar-refractivity contribution >= 4 is 23.4 Å². The maximum atomic E-state index is 6.82. The van der Waals surface area contributed by atoms with E-state index < -0.39 is 0 Å². The first kappa shape index (κ1) is 27.3. The van der Waals surface area contributed by atoms with Gasteiger partial charge in [-0.15, -0.1) is 0 Å². The lowest BCUT2D eigenvalue weighted by Crippen LogP contribution is -2.51. The van der Waals surface area contributed by atoms with Crippen LogP contribution in [-0.2, 0) is 13.5 Å². The molecule has 212 valence electrons. The Morgan fingerprint density at radius 3 is 2.14 bits per heavy atom. The van der Waals surface area contributed by atoms with E-state index in [-0.39, 0.29) is 18.5 Å². The van der Waals surface area contributed by atoms with Crippen LogP contribution in [-0.4, -0.2) is 16.7 Å². The Bertz CT molecular complexity index is 1880. The predicted octanol–water partition coefficient (Wildman–Crippen LogP) is 6.70. The van der Waals surface area contributed by atoms with E-state index in [2.05, 4.69) is 131 Å². The average molecular weight is 563 g/mol. The van der Waals surface area contributed by atoms with Gasteiger partial charge in [-0.25, -0.2) is 14.5 Å². The zero-order chi connectivity index (χ0) is 29.8. The van der Waals surface area contributed by atoms with Crippen molar-refractivity contribution in [3.8, 4) is 28.4 Å². The summed E-state index contributed by atoms with van der Waals surface area (Å²) in [5.74, 6) is 3.17. The number of hydrogen-bond donors (Lipinski definition) is 0. The van der Waals surface area contributed by atoms with Crippen molar-refractivity contribution in [3.63, 3.8) is 0 Å². The van der Waals surface area contributed by atoms with Crippen LogP contribution in [0.3, 0.4) is 0 Å². The highest BCUT2D eigenvalue weighted by atomic mass is 16.5. The van der Waals surface area contributed by atoms with Gasteiger partial charge in [-0.1, -0.05) is 94.4 Å². The van der Waals surface area contributed by atoms with Gasteiger partial charge < -0.3 is 4.74 Å². The van der Waals surface area contributed by atoms with E-state index in [4.69, 9.17) is 14.7 Å². The second kappa shape index (κ2) is 10.6. The minimum absolute atomic E-state index is 0.0131. The number of rotatable bonds is 5. The normalized spacial score (nSPS) is 13.7. The van der Waals surface area contributed by atoms with Crippen molar-refractivity contribution in [2.24, 2.45) is 7.05 Å². The third kappa shape index (κ3) is 4.59. The molecule has 0 bridgehead atoms. The van der Waals surface area contributed by atoms with Gasteiger partial charge in [-0.2, -0.15) is 0 Å². The van der Waals surface area contributed by atoms with Gasteiger partial charge >= 0.3 is 0 Å². The summed E-state index contributed by atoms with van der Waals surface area (Å²) >= 11 is 0. The van der Waals surface area contributed by atoms with Gasteiger partial charge in [0.1, 0.15) is 18.6 Å². The van der Waals surface area contributed by atoms with Gasteiger partial charge in [0.25, 0.3) is 6.71 Å². The fourth-order valence-electron chi connectivity index (χ4n) is 6.83. The fourth-order valence-corrected chi connectivity index (χ4v) is 6.83. The van der Waals surface area contributed by atoms with E-state index in [1.54, 1.807) is 0 Å². The van der Waals surface area contributed by atoms with Gasteiger partial charge in [-0.3, -0.25) is 0 Å². The smallest absolute Gasteiger partial charge is 0.251 e. The number of para-hydroxylation sites is 1. The average Bonchev–Trinajstić information content (AvgIpc) is 3.36. The molecule has 2 aliphatic rings. The molecule has 0 amide bonds. The first-order valence-electron chi connectivity index (χ1n) is 15.4. The van der Waals surface area contributed by atoms with Crippen LogP contribution in [0.25, 0.3) is 28.4 Å². The molecule has 7 rings (SSSR count). The summed E-state index contributed by atoms with van der Waals surface area (Å²) in [6.07, 6.45) is 3.13. The molecule has 5 aromatic rings. The molecular formula is C38H37BN3O+. The molecule has 1 aliphatic carbocycles. The first-order valence-corrected chi connectivity index (χ1v) is 15.4. The minimum Gasteiger partial charge on any atom is -0.458 e. The number of ether oxygens (including phenoxy) is 1. The maximum Gasteiger partial charge on any atom is 0.251 e. The molecule has 0 atom stereocenters. The third-order valence-corrected chi connectivity index (χ3v) is 8.90. The molecule has 0 unspecified atom stereocenters. The molecule has 4 nitrogen and oxygen atoms in total. The molecule has 5 heteroatoms. The highest BCUT2D eigenvalue weighted by Crippen LogP contribution is 2.40. The lowest BCUT2D eigenvalue weighted by Gasteiger charge is -2.30. The van der Waals surface area contributed by atoms with Gasteiger partial charge in [0.15, 0.2) is 12.0 Å². The van der Waals surface area contributed by atoms with Crippen molar-refractivity contribution in [2.75, 3.05) is 0 Å². The van der Waals surface area contributed by atoms with Crippen molar-refractivity contribution in [1.82, 2.24) is 9.97 Å². The number of pyridine rings is 1. The molecule has 0 saturated heterocycles. The summed E-state index contributed by atoms with van der Waals surface area (Å²) in [4.78, 5) is 10.6. The van der Waals surface area contributed by atoms with Crippen LogP contribution in [0, 0.1) is 6.92 Å². The largest absolute Gasteiger partial charge is 0.458 e. The quantitative estimate of drug-likeness (QED) is 0.177. The molecule has 3 heterocycles. The number of allylic oxidation sites excluding steroid dienone is 1. The molecule has 3 aromatic carbocycles. The van der Waals surface area contributed by atoms with Gasteiger partial charge in [0, 0.05) is 39.7 Å². The Morgan fingerprint density at radius 1 is 0.791 bits per heavy atom. The molecule has 0 spiro atoms. The topological polar surface area (TPSA) is 38.9 Å². The second-order valence-electron chi connectivity index (χ2n) is 12.5. The maximum absolute atomic E-state index is 6.82. The number of hydrogen-bond acceptors (Lipinski definition) is 3. The van der Waals surface area contributed by atoms with Crippen LogP contribution in [0.2, 0.25) is 0 Å². The molecule has 0 radical (unpaired) electrons. The number of aromatic nitrogens is 3. The first-order chi connectivity index (χ1) is 20.8. The van der Waals surface area contributed by atoms with Gasteiger partial charge in [0.05, 0.1) is 0 Å². The van der Waals surface area contributed by atoms with E-state index in [1.807, 2.05) is 6.07 Å². The zero-order valence-electron chi connectivity index (χ0n) is 25.8. The van der Waals surface area contributed by atoms with E-state index in [1.165, 1.54) is 44.3 Å². The van der Waals surface area contributed by atoms with Crippen LogP contribution >= 0.6 is 0 Å². The molecular weight excluding hydrogens is 525 g/mol. The highest BCUT2D eigenvalue weighted by Gasteiger charge is 2.43. The van der Waals surface area contributed by atoms with Crippen LogP contribution < -0.4 is 20.2 Å². The Morgan fingerprint density at radius 2 is 1.44 bits per heavy atom. The fraction of sp³-hybridized carbons (Fsp3) is 0.237. The number of nitrogens with zero attached hydrogens (tertiary/aromatic N) is 3. The van der Waals surface area contributed by atoms with Crippen LogP contribution in [0.5, 0.6) is 5.75 Å². The number of fused-ring (bicyclic) bond motifs is 3. The number of benzene rings is 3. The molecule has 2 aromatic heterocycles. The summed E-state index contributed by atoms with van der Waals surface area (Å²) in [5, 5.41) is 0. The van der Waals surface area contributed by atoms with Crippen LogP contribution in [0.4, 0.5) is 0 Å². The Kier molecular flexibility index (Phi) is 6.77. The predicted molar refractivity (Wildman–Crippen MR) is 176 cm³/mol. The Labute approximate surface area is 255 Å². The molecule has 0 N–H and O–H groups in total. The minimum atomic E-state index is 0.0131. The molecule has 43 heavy (non-hydrogen) atoms. The Balaban J connectivity index is 1.47. The lowest BCUT2D eigenvalue weighted by molar-refractivity contribution is -0.660. The zero-order valence-corrected chi connectivity index (χ0v) is 25.8. The van der Waals surface area contributed by atoms with Crippen LogP contribution in [0.1, 0.15) is 67.6 Å². The van der Waals surface area contributed by atoms with Crippen molar-refractivity contribution in [2.45, 2.75) is 52.9 Å². The molecule has 0 fully saturated rings. The summed E-state index contributed by atoms with van der Waals surface area (Å²) in [7, 11) is 2.15. The summed E-state index contributed by atoms with van der Waals surface area (Å²) in [6.45, 7) is 11.2. The second-order valence-corrected chi connectivity index (χ2v) is 12.5. The lowest BCUT2D eigenvalue weighted by atomic mass is 9.34. The van der Waals surface area contributed by atoms with Crippen LogP contribution in [0.15, 0.2) is 96.6 Å². The Hall–Kier alpha value is -4.51. The number of aryl methyl sites for hydroxylation is 2. The molecule has 0 saturated carbocycles. The standard InChI is InChI=1S/C38H37BN3O/c1-23(2)35-34(36(24(3)4)41-38(40-35)26-15-8-7-9-16-26)39-30-18-12-13-19-33(30)43-37-29-21-32(28-17-11-10-14-25(28)5)42(6)22-27(29)20-31(37)39/h7-19,21-24H,20H2,1-6H3/q+1. The summed E-state index contributed by atoms with van der Waals surface area (Å²) in [6, 6.07) is 29.8. The van der Waals surface area contributed by atoms with E-state index in [0.717, 1.165) is 40.7 Å². The van der Waals surface area contributed by atoms with E-state index in [9.17, 15) is 0 Å². The summed E-state index contributed by atoms with van der Waals surface area (Å²) in [5.41, 5.74) is 13.2. The van der Waals surface area contributed by atoms with Crippen molar-refractivity contribution in [1.29, 1.82) is 0 Å². The SMILES string of the molecule is Cc1ccccc1-c1cc2c(c[n+]1C)CC1=C2Oc2ccccc2B1c1c(C(C)C)nc(-c2ccccc2)nc1C(C)C.